The smallest absolute Gasteiger partial charge is 0.416 e. The standard InChI is InChI=1S/C18H15F3N4O2/c1-11-16(17(26)22-14-8-3-4-9-15(14)27-2)23-24-25(11)13-7-5-6-12(10-13)18(19,20)21/h3-10H,1-2H3,(H,22,26). The van der Waals surface area contributed by atoms with Crippen molar-refractivity contribution in [3.05, 3.63) is 65.5 Å². The fourth-order valence-electron chi connectivity index (χ4n) is 2.53. The molecule has 0 radical (unpaired) electrons. The van der Waals surface area contributed by atoms with Crippen LogP contribution in [0.3, 0.4) is 0 Å². The van der Waals surface area contributed by atoms with Gasteiger partial charge in [0.15, 0.2) is 5.69 Å². The number of amides is 1. The lowest BCUT2D eigenvalue weighted by Crippen LogP contribution is -2.15. The molecule has 140 valence electrons. The van der Waals surface area contributed by atoms with Gasteiger partial charge in [0.2, 0.25) is 0 Å². The molecule has 0 aliphatic carbocycles. The first-order chi connectivity index (χ1) is 12.8. The first-order valence-corrected chi connectivity index (χ1v) is 7.85. The van der Waals surface area contributed by atoms with Gasteiger partial charge in [0, 0.05) is 0 Å². The number of rotatable bonds is 4. The fourth-order valence-corrected chi connectivity index (χ4v) is 2.53. The van der Waals surface area contributed by atoms with Gasteiger partial charge in [-0.25, -0.2) is 4.68 Å². The van der Waals surface area contributed by atoms with Crippen molar-refractivity contribution >= 4 is 11.6 Å². The number of nitrogens with zero attached hydrogens (tertiary/aromatic N) is 3. The monoisotopic (exact) mass is 376 g/mol. The molecular weight excluding hydrogens is 361 g/mol. The van der Waals surface area contributed by atoms with Crippen molar-refractivity contribution in [1.82, 2.24) is 15.0 Å². The summed E-state index contributed by atoms with van der Waals surface area (Å²) in [6.07, 6.45) is -4.48. The maximum atomic E-state index is 12.9. The zero-order valence-electron chi connectivity index (χ0n) is 14.4. The maximum Gasteiger partial charge on any atom is 0.416 e. The van der Waals surface area contributed by atoms with Crippen molar-refractivity contribution in [2.24, 2.45) is 0 Å². The highest BCUT2D eigenvalue weighted by molar-refractivity contribution is 6.04. The van der Waals surface area contributed by atoms with Gasteiger partial charge in [0.25, 0.3) is 5.91 Å². The number of hydrogen-bond acceptors (Lipinski definition) is 4. The van der Waals surface area contributed by atoms with Gasteiger partial charge < -0.3 is 10.1 Å². The van der Waals surface area contributed by atoms with Crippen LogP contribution in [-0.2, 0) is 6.18 Å². The second-order valence-electron chi connectivity index (χ2n) is 5.64. The van der Waals surface area contributed by atoms with E-state index in [1.807, 2.05) is 0 Å². The second kappa shape index (κ2) is 7.10. The van der Waals surface area contributed by atoms with Crippen LogP contribution in [0.25, 0.3) is 5.69 Å². The Balaban J connectivity index is 1.90. The summed E-state index contributed by atoms with van der Waals surface area (Å²) in [7, 11) is 1.47. The Kier molecular flexibility index (Phi) is 4.85. The number of nitrogens with one attached hydrogen (secondary N) is 1. The van der Waals surface area contributed by atoms with Crippen LogP contribution in [0, 0.1) is 6.92 Å². The Morgan fingerprint density at radius 1 is 1.15 bits per heavy atom. The number of hydrogen-bond donors (Lipinski definition) is 1. The number of para-hydroxylation sites is 2. The number of aromatic nitrogens is 3. The van der Waals surface area contributed by atoms with Crippen LogP contribution >= 0.6 is 0 Å². The summed E-state index contributed by atoms with van der Waals surface area (Å²) in [4.78, 5) is 12.5. The van der Waals surface area contributed by atoms with Gasteiger partial charge in [0.1, 0.15) is 5.75 Å². The number of carbonyl (C=O) groups excluding carboxylic acids is 1. The number of ether oxygens (including phenoxy) is 1. The predicted molar refractivity (Wildman–Crippen MR) is 92.0 cm³/mol. The molecule has 6 nitrogen and oxygen atoms in total. The minimum atomic E-state index is -4.48. The van der Waals surface area contributed by atoms with E-state index in [1.165, 1.54) is 23.9 Å². The predicted octanol–water partition coefficient (Wildman–Crippen LogP) is 3.86. The Bertz CT molecular complexity index is 983. The molecule has 0 aliphatic heterocycles. The van der Waals surface area contributed by atoms with Crippen molar-refractivity contribution < 1.29 is 22.7 Å². The Morgan fingerprint density at radius 2 is 1.89 bits per heavy atom. The van der Waals surface area contributed by atoms with E-state index < -0.39 is 17.6 Å². The molecule has 0 saturated carbocycles. The minimum absolute atomic E-state index is 0.00156. The average molecular weight is 376 g/mol. The second-order valence-corrected chi connectivity index (χ2v) is 5.64. The molecule has 1 aromatic heterocycles. The molecule has 0 bridgehead atoms. The largest absolute Gasteiger partial charge is 0.495 e. The van der Waals surface area contributed by atoms with E-state index in [1.54, 1.807) is 31.2 Å². The summed E-state index contributed by atoms with van der Waals surface area (Å²) < 4.78 is 45.1. The molecule has 0 unspecified atom stereocenters. The third-order valence-corrected chi connectivity index (χ3v) is 3.88. The summed E-state index contributed by atoms with van der Waals surface area (Å²) in [5.41, 5.74) is 0.0964. The van der Waals surface area contributed by atoms with Gasteiger partial charge in [-0.15, -0.1) is 5.10 Å². The Morgan fingerprint density at radius 3 is 2.59 bits per heavy atom. The van der Waals surface area contributed by atoms with E-state index in [0.717, 1.165) is 12.1 Å². The zero-order valence-corrected chi connectivity index (χ0v) is 14.4. The molecule has 2 aromatic carbocycles. The molecule has 1 N–H and O–H groups in total. The summed E-state index contributed by atoms with van der Waals surface area (Å²) in [6, 6.07) is 11.5. The van der Waals surface area contributed by atoms with Crippen molar-refractivity contribution in [2.45, 2.75) is 13.1 Å². The molecule has 3 aromatic rings. The van der Waals surface area contributed by atoms with Crippen molar-refractivity contribution in [3.8, 4) is 11.4 Å². The average Bonchev–Trinajstić information content (AvgIpc) is 3.03. The quantitative estimate of drug-likeness (QED) is 0.751. The maximum absolute atomic E-state index is 12.9. The lowest BCUT2D eigenvalue weighted by molar-refractivity contribution is -0.137. The van der Waals surface area contributed by atoms with Crippen LogP contribution in [-0.4, -0.2) is 28.0 Å². The van der Waals surface area contributed by atoms with E-state index in [2.05, 4.69) is 15.6 Å². The Hall–Kier alpha value is -3.36. The van der Waals surface area contributed by atoms with Crippen molar-refractivity contribution in [3.63, 3.8) is 0 Å². The lowest BCUT2D eigenvalue weighted by Gasteiger charge is -2.10. The van der Waals surface area contributed by atoms with E-state index in [9.17, 15) is 18.0 Å². The number of alkyl halides is 3. The summed E-state index contributed by atoms with van der Waals surface area (Å²) in [5.74, 6) is -0.0796. The lowest BCUT2D eigenvalue weighted by atomic mass is 10.2. The van der Waals surface area contributed by atoms with Crippen LogP contribution < -0.4 is 10.1 Å². The van der Waals surface area contributed by atoms with Gasteiger partial charge in [-0.1, -0.05) is 23.4 Å². The zero-order chi connectivity index (χ0) is 19.6. The topological polar surface area (TPSA) is 69.0 Å². The number of halogens is 3. The third kappa shape index (κ3) is 3.76. The Labute approximate surface area is 152 Å². The molecule has 0 atom stereocenters. The highest BCUT2D eigenvalue weighted by Gasteiger charge is 2.31. The van der Waals surface area contributed by atoms with Crippen molar-refractivity contribution in [2.75, 3.05) is 12.4 Å². The first kappa shape index (κ1) is 18.4. The molecule has 0 aliphatic rings. The SMILES string of the molecule is COc1ccccc1NC(=O)c1nnn(-c2cccc(C(F)(F)F)c2)c1C. The van der Waals surface area contributed by atoms with E-state index in [4.69, 9.17) is 4.74 Å². The van der Waals surface area contributed by atoms with E-state index in [-0.39, 0.29) is 11.4 Å². The van der Waals surface area contributed by atoms with Gasteiger partial charge in [-0.05, 0) is 37.3 Å². The third-order valence-electron chi connectivity index (χ3n) is 3.88. The normalized spacial score (nSPS) is 11.3. The van der Waals surface area contributed by atoms with Crippen LogP contribution in [0.4, 0.5) is 18.9 Å². The molecular formula is C18H15F3N4O2. The fraction of sp³-hybridized carbons (Fsp3) is 0.167. The minimum Gasteiger partial charge on any atom is -0.495 e. The molecule has 27 heavy (non-hydrogen) atoms. The number of benzene rings is 2. The van der Waals surface area contributed by atoms with Gasteiger partial charge in [-0.2, -0.15) is 13.2 Å². The van der Waals surface area contributed by atoms with Gasteiger partial charge >= 0.3 is 6.18 Å². The number of methoxy groups -OCH3 is 1. The summed E-state index contributed by atoms with van der Waals surface area (Å²) >= 11 is 0. The molecule has 0 spiro atoms. The van der Waals surface area contributed by atoms with Crippen molar-refractivity contribution in [1.29, 1.82) is 0 Å². The number of carbonyl (C=O) groups is 1. The highest BCUT2D eigenvalue weighted by atomic mass is 19.4. The van der Waals surface area contributed by atoms with Crippen LogP contribution in [0.5, 0.6) is 5.75 Å². The van der Waals surface area contributed by atoms with E-state index in [0.29, 0.717) is 17.1 Å². The number of anilines is 1. The molecule has 9 heteroatoms. The molecule has 0 saturated heterocycles. The van der Waals surface area contributed by atoms with Crippen LogP contribution in [0.15, 0.2) is 48.5 Å². The van der Waals surface area contributed by atoms with Crippen LogP contribution in [0.2, 0.25) is 0 Å². The first-order valence-electron chi connectivity index (χ1n) is 7.85. The molecule has 3 rings (SSSR count). The summed E-state index contributed by atoms with van der Waals surface area (Å²) in [6.45, 7) is 1.55. The summed E-state index contributed by atoms with van der Waals surface area (Å²) in [5, 5.41) is 10.3. The van der Waals surface area contributed by atoms with Gasteiger partial charge in [-0.3, -0.25) is 4.79 Å². The van der Waals surface area contributed by atoms with E-state index >= 15 is 0 Å². The molecule has 1 amide bonds. The highest BCUT2D eigenvalue weighted by Crippen LogP contribution is 2.30. The van der Waals surface area contributed by atoms with Gasteiger partial charge in [0.05, 0.1) is 29.7 Å². The van der Waals surface area contributed by atoms with Crippen LogP contribution in [0.1, 0.15) is 21.7 Å². The molecule has 1 heterocycles. The molecule has 0 fully saturated rings.